The van der Waals surface area contributed by atoms with Gasteiger partial charge in [-0.3, -0.25) is 0 Å². The molecule has 0 unspecified atom stereocenters. The molecule has 0 bridgehead atoms. The molecule has 0 aromatic heterocycles. The summed E-state index contributed by atoms with van der Waals surface area (Å²) in [5.74, 6) is 7.76. The van der Waals surface area contributed by atoms with Crippen LogP contribution in [0.5, 0.6) is 0 Å². The summed E-state index contributed by atoms with van der Waals surface area (Å²) in [6.07, 6.45) is 18.1. The van der Waals surface area contributed by atoms with Crippen molar-refractivity contribution in [2.75, 3.05) is 23.0 Å². The summed E-state index contributed by atoms with van der Waals surface area (Å²) in [5.41, 5.74) is 0. The van der Waals surface area contributed by atoms with Crippen LogP contribution in [-0.4, -0.2) is 31.2 Å². The zero-order valence-corrected chi connectivity index (χ0v) is 18.4. The van der Waals surface area contributed by atoms with E-state index < -0.39 is 0 Å². The second-order valence-electron chi connectivity index (χ2n) is 8.32. The van der Waals surface area contributed by atoms with Gasteiger partial charge in [0.2, 0.25) is 0 Å². The summed E-state index contributed by atoms with van der Waals surface area (Å²) in [7, 11) is 0. The Morgan fingerprint density at radius 1 is 0.500 bits per heavy atom. The molecule has 0 spiro atoms. The highest BCUT2D eigenvalue weighted by atomic mass is 32.2. The average Bonchev–Trinajstić information content (AvgIpc) is 3.31. The molecule has 4 aliphatic rings. The van der Waals surface area contributed by atoms with Crippen molar-refractivity contribution >= 4 is 47.0 Å². The maximum absolute atomic E-state index is 2.41. The average molecular weight is 403 g/mol. The number of hydrogen-bond acceptors (Lipinski definition) is 4. The number of thioether (sulfide) groups is 4. The second-order valence-corrected chi connectivity index (χ2v) is 14.4. The van der Waals surface area contributed by atoms with Crippen LogP contribution in [0.25, 0.3) is 0 Å². The van der Waals surface area contributed by atoms with E-state index in [0.29, 0.717) is 8.16 Å². The Morgan fingerprint density at radius 2 is 0.833 bits per heavy atom. The van der Waals surface area contributed by atoms with Gasteiger partial charge in [-0.2, -0.15) is 0 Å². The van der Waals surface area contributed by atoms with Crippen molar-refractivity contribution in [1.29, 1.82) is 0 Å². The van der Waals surface area contributed by atoms with Gasteiger partial charge < -0.3 is 0 Å². The fourth-order valence-electron chi connectivity index (χ4n) is 5.32. The molecule has 2 heterocycles. The first-order valence-electron chi connectivity index (χ1n) is 10.4. The summed E-state index contributed by atoms with van der Waals surface area (Å²) in [4.78, 5) is 0. The van der Waals surface area contributed by atoms with Crippen LogP contribution in [-0.2, 0) is 0 Å². The van der Waals surface area contributed by atoms with Gasteiger partial charge in [0, 0.05) is 0 Å². The van der Waals surface area contributed by atoms with Crippen molar-refractivity contribution in [2.24, 2.45) is 11.8 Å². The predicted octanol–water partition coefficient (Wildman–Crippen LogP) is 7.28. The third kappa shape index (κ3) is 3.97. The van der Waals surface area contributed by atoms with E-state index in [1.807, 2.05) is 0 Å². The SMILES string of the molecule is C1CSC(CC2CCCC2)(C2(CC3CCCC3)SCCCS2)SC1. The van der Waals surface area contributed by atoms with Gasteiger partial charge in [0.15, 0.2) is 0 Å². The lowest BCUT2D eigenvalue weighted by Crippen LogP contribution is -2.50. The molecule has 2 aliphatic heterocycles. The largest absolute Gasteiger partial charge is 0.142 e. The van der Waals surface area contributed by atoms with Crippen molar-refractivity contribution in [1.82, 2.24) is 0 Å². The van der Waals surface area contributed by atoms with Crippen LogP contribution in [0.1, 0.15) is 77.0 Å². The minimum Gasteiger partial charge on any atom is -0.142 e. The van der Waals surface area contributed by atoms with E-state index in [9.17, 15) is 0 Å². The van der Waals surface area contributed by atoms with E-state index in [2.05, 4.69) is 47.0 Å². The lowest BCUT2D eigenvalue weighted by molar-refractivity contribution is 0.407. The Labute approximate surface area is 166 Å². The first-order chi connectivity index (χ1) is 11.8. The molecule has 2 saturated heterocycles. The minimum atomic E-state index is 0.526. The molecule has 0 N–H and O–H groups in total. The molecule has 0 aromatic rings. The maximum Gasteiger partial charge on any atom is 0.0850 e. The second kappa shape index (κ2) is 8.61. The van der Waals surface area contributed by atoms with Gasteiger partial charge >= 0.3 is 0 Å². The zero-order valence-electron chi connectivity index (χ0n) is 15.1. The molecule has 0 atom stereocenters. The van der Waals surface area contributed by atoms with E-state index in [1.165, 1.54) is 100 Å². The molecule has 0 aromatic carbocycles. The Balaban J connectivity index is 1.59. The molecule has 0 nitrogen and oxygen atoms in total. The summed E-state index contributed by atoms with van der Waals surface area (Å²) in [5, 5.41) is 0. The summed E-state index contributed by atoms with van der Waals surface area (Å²) < 4.78 is 1.05. The van der Waals surface area contributed by atoms with E-state index in [1.54, 1.807) is 0 Å². The summed E-state index contributed by atoms with van der Waals surface area (Å²) in [6.45, 7) is 0. The molecular weight excluding hydrogens is 368 g/mol. The Kier molecular flexibility index (Phi) is 6.72. The quantitative estimate of drug-likeness (QED) is 0.473. The zero-order chi connectivity index (χ0) is 16.3. The topological polar surface area (TPSA) is 0 Å². The Hall–Kier alpha value is 1.40. The molecule has 4 heteroatoms. The number of hydrogen-bond donors (Lipinski definition) is 0. The molecule has 138 valence electrons. The monoisotopic (exact) mass is 402 g/mol. The van der Waals surface area contributed by atoms with Gasteiger partial charge in [0.25, 0.3) is 0 Å². The van der Waals surface area contributed by atoms with Crippen molar-refractivity contribution in [3.8, 4) is 0 Å². The summed E-state index contributed by atoms with van der Waals surface area (Å²) >= 11 is 9.63. The van der Waals surface area contributed by atoms with E-state index >= 15 is 0 Å². The van der Waals surface area contributed by atoms with Gasteiger partial charge in [0.1, 0.15) is 0 Å². The van der Waals surface area contributed by atoms with Gasteiger partial charge in [-0.25, -0.2) is 0 Å². The van der Waals surface area contributed by atoms with Crippen LogP contribution in [0.2, 0.25) is 0 Å². The Bertz CT molecular complexity index is 348. The van der Waals surface area contributed by atoms with E-state index in [0.717, 1.165) is 11.8 Å². The highest BCUT2D eigenvalue weighted by Gasteiger charge is 2.56. The fourth-order valence-corrected chi connectivity index (χ4v) is 13.9. The van der Waals surface area contributed by atoms with Crippen molar-refractivity contribution < 1.29 is 0 Å². The van der Waals surface area contributed by atoms with Crippen LogP contribution in [0.3, 0.4) is 0 Å². The van der Waals surface area contributed by atoms with Gasteiger partial charge in [-0.15, -0.1) is 47.0 Å². The lowest BCUT2D eigenvalue weighted by Gasteiger charge is -2.54. The van der Waals surface area contributed by atoms with E-state index in [-0.39, 0.29) is 0 Å². The van der Waals surface area contributed by atoms with Crippen LogP contribution in [0.15, 0.2) is 0 Å². The highest BCUT2D eigenvalue weighted by Crippen LogP contribution is 2.66. The fraction of sp³-hybridized carbons (Fsp3) is 1.00. The van der Waals surface area contributed by atoms with Crippen LogP contribution in [0.4, 0.5) is 0 Å². The standard InChI is InChI=1S/C20H34S4/c1-2-8-17(7-1)15-19(21-11-5-12-22-19)20(23-13-6-14-24-20)16-18-9-3-4-10-18/h17-18H,1-16H2. The molecule has 24 heavy (non-hydrogen) atoms. The minimum absolute atomic E-state index is 0.526. The van der Waals surface area contributed by atoms with Crippen LogP contribution in [0, 0.1) is 11.8 Å². The molecular formula is C20H34S4. The Morgan fingerprint density at radius 3 is 1.17 bits per heavy atom. The van der Waals surface area contributed by atoms with E-state index in [4.69, 9.17) is 0 Å². The van der Waals surface area contributed by atoms with Gasteiger partial charge in [0.05, 0.1) is 8.16 Å². The smallest absolute Gasteiger partial charge is 0.0850 e. The highest BCUT2D eigenvalue weighted by molar-refractivity contribution is 8.25. The van der Waals surface area contributed by atoms with Crippen LogP contribution < -0.4 is 0 Å². The molecule has 4 fully saturated rings. The van der Waals surface area contributed by atoms with Gasteiger partial charge in [-0.05, 0) is 60.5 Å². The lowest BCUT2D eigenvalue weighted by atomic mass is 9.93. The number of rotatable bonds is 5. The molecule has 2 saturated carbocycles. The van der Waals surface area contributed by atoms with Crippen LogP contribution >= 0.6 is 47.0 Å². The predicted molar refractivity (Wildman–Crippen MR) is 118 cm³/mol. The summed E-state index contributed by atoms with van der Waals surface area (Å²) in [6, 6.07) is 0. The van der Waals surface area contributed by atoms with Crippen molar-refractivity contribution in [3.05, 3.63) is 0 Å². The normalized spacial score (nSPS) is 31.5. The first kappa shape index (κ1) is 18.7. The van der Waals surface area contributed by atoms with Crippen molar-refractivity contribution in [2.45, 2.75) is 85.2 Å². The van der Waals surface area contributed by atoms with Crippen molar-refractivity contribution in [3.63, 3.8) is 0 Å². The van der Waals surface area contributed by atoms with Gasteiger partial charge in [-0.1, -0.05) is 51.4 Å². The molecule has 0 radical (unpaired) electrons. The maximum atomic E-state index is 2.41. The molecule has 0 amide bonds. The molecule has 4 rings (SSSR count). The first-order valence-corrected chi connectivity index (χ1v) is 14.3. The third-order valence-corrected chi connectivity index (χ3v) is 14.4. The third-order valence-electron chi connectivity index (χ3n) is 6.56. The molecule has 2 aliphatic carbocycles.